The molecule has 0 bridgehead atoms. The molecule has 0 unspecified atom stereocenters. The van der Waals surface area contributed by atoms with Crippen molar-refractivity contribution in [2.24, 2.45) is 7.05 Å². The number of aryl methyl sites for hydroxylation is 3. The Morgan fingerprint density at radius 2 is 2.05 bits per heavy atom. The van der Waals surface area contributed by atoms with Crippen molar-refractivity contribution in [2.75, 3.05) is 0 Å². The van der Waals surface area contributed by atoms with E-state index >= 15 is 0 Å². The number of rotatable bonds is 5. The Kier molecular flexibility index (Phi) is 4.10. The highest BCUT2D eigenvalue weighted by Gasteiger charge is 2.15. The maximum Gasteiger partial charge on any atom is 0.172 e. The monoisotopic (exact) mass is 257 g/mol. The van der Waals surface area contributed by atoms with E-state index in [1.165, 1.54) is 5.56 Å². The third kappa shape index (κ3) is 3.08. The van der Waals surface area contributed by atoms with Crippen LogP contribution in [-0.2, 0) is 26.3 Å². The molecule has 0 N–H and O–H groups in total. The van der Waals surface area contributed by atoms with Gasteiger partial charge in [-0.05, 0) is 24.5 Å². The minimum Gasteiger partial charge on any atom is -0.294 e. The van der Waals surface area contributed by atoms with Gasteiger partial charge in [0, 0.05) is 25.1 Å². The number of carbonyl (C=O) groups excluding carboxylic acids is 1. The van der Waals surface area contributed by atoms with Gasteiger partial charge in [-0.25, -0.2) is 0 Å². The van der Waals surface area contributed by atoms with Crippen molar-refractivity contribution >= 4 is 5.78 Å². The van der Waals surface area contributed by atoms with Crippen molar-refractivity contribution in [2.45, 2.75) is 33.1 Å². The minimum atomic E-state index is 0.0849. The number of aromatic nitrogens is 3. The lowest BCUT2D eigenvalue weighted by Gasteiger charge is -2.01. The normalized spacial score (nSPS) is 10.7. The number of nitrogens with zero attached hydrogens (tertiary/aromatic N) is 3. The van der Waals surface area contributed by atoms with Crippen molar-refractivity contribution in [3.05, 3.63) is 47.0 Å². The number of hydrogen-bond acceptors (Lipinski definition) is 3. The zero-order chi connectivity index (χ0) is 13.8. The number of ketones is 1. The van der Waals surface area contributed by atoms with Gasteiger partial charge in [0.05, 0.1) is 17.7 Å². The molecule has 0 aliphatic carbocycles. The second-order valence-electron chi connectivity index (χ2n) is 4.63. The van der Waals surface area contributed by atoms with Gasteiger partial charge in [0.1, 0.15) is 0 Å². The summed E-state index contributed by atoms with van der Waals surface area (Å²) >= 11 is 0. The van der Waals surface area contributed by atoms with Crippen LogP contribution in [0.3, 0.4) is 0 Å². The van der Waals surface area contributed by atoms with Gasteiger partial charge in [0.2, 0.25) is 0 Å². The zero-order valence-electron chi connectivity index (χ0n) is 11.7. The lowest BCUT2D eigenvalue weighted by molar-refractivity contribution is 0.0991. The number of carbonyl (C=O) groups is 1. The Bertz CT molecular complexity index is 570. The van der Waals surface area contributed by atoms with E-state index in [0.29, 0.717) is 12.0 Å². The third-order valence-corrected chi connectivity index (χ3v) is 3.18. The topological polar surface area (TPSA) is 47.8 Å². The van der Waals surface area contributed by atoms with Crippen LogP contribution in [0.1, 0.15) is 41.2 Å². The van der Waals surface area contributed by atoms with Crippen LogP contribution < -0.4 is 0 Å². The van der Waals surface area contributed by atoms with Gasteiger partial charge in [-0.1, -0.05) is 19.9 Å². The fraction of sp³-hybridized carbons (Fsp3) is 0.400. The van der Waals surface area contributed by atoms with E-state index in [2.05, 4.69) is 17.0 Å². The average molecular weight is 257 g/mol. The Balaban J connectivity index is 2.15. The lowest BCUT2D eigenvalue weighted by atomic mass is 10.1. The lowest BCUT2D eigenvalue weighted by Crippen LogP contribution is -2.06. The molecule has 2 aromatic heterocycles. The van der Waals surface area contributed by atoms with Crippen LogP contribution >= 0.6 is 0 Å². The first-order chi connectivity index (χ1) is 9.13. The number of Topliss-reactive ketones (excluding diaryl/α,β-unsaturated/α-hetero) is 1. The van der Waals surface area contributed by atoms with Crippen LogP contribution in [0.15, 0.2) is 24.5 Å². The van der Waals surface area contributed by atoms with Gasteiger partial charge in [-0.2, -0.15) is 5.10 Å². The Labute approximate surface area is 113 Å². The molecule has 0 radical (unpaired) electrons. The molecule has 4 nitrogen and oxygen atoms in total. The van der Waals surface area contributed by atoms with E-state index in [-0.39, 0.29) is 5.78 Å². The molecule has 2 aromatic rings. The first-order valence-electron chi connectivity index (χ1n) is 6.63. The Hall–Kier alpha value is -1.97. The molecule has 0 aliphatic rings. The molecule has 0 aliphatic heterocycles. The SMILES string of the molecule is CCc1ccc(CC(=O)c2cn(C)nc2CC)nc1. The second-order valence-corrected chi connectivity index (χ2v) is 4.63. The molecule has 0 aromatic carbocycles. The van der Waals surface area contributed by atoms with Gasteiger partial charge < -0.3 is 0 Å². The van der Waals surface area contributed by atoms with Crippen molar-refractivity contribution in [1.82, 2.24) is 14.8 Å². The molecule has 0 fully saturated rings. The fourth-order valence-corrected chi connectivity index (χ4v) is 2.06. The zero-order valence-corrected chi connectivity index (χ0v) is 11.7. The minimum absolute atomic E-state index is 0.0849. The maximum atomic E-state index is 12.3. The third-order valence-electron chi connectivity index (χ3n) is 3.18. The molecule has 0 spiro atoms. The molecule has 0 amide bonds. The van der Waals surface area contributed by atoms with E-state index in [0.717, 1.165) is 24.2 Å². The summed E-state index contributed by atoms with van der Waals surface area (Å²) in [7, 11) is 1.84. The molecule has 0 saturated carbocycles. The molecular formula is C15H19N3O. The van der Waals surface area contributed by atoms with E-state index in [1.807, 2.05) is 32.3 Å². The summed E-state index contributed by atoms with van der Waals surface area (Å²) in [6.07, 6.45) is 5.70. The molecule has 2 heterocycles. The maximum absolute atomic E-state index is 12.3. The van der Waals surface area contributed by atoms with Crippen molar-refractivity contribution < 1.29 is 4.79 Å². The Morgan fingerprint density at radius 3 is 2.63 bits per heavy atom. The van der Waals surface area contributed by atoms with Crippen LogP contribution in [0.4, 0.5) is 0 Å². The predicted octanol–water partition coefficient (Wildman–Crippen LogP) is 2.37. The van der Waals surface area contributed by atoms with Crippen molar-refractivity contribution in [3.8, 4) is 0 Å². The second kappa shape index (κ2) is 5.78. The molecular weight excluding hydrogens is 238 g/mol. The average Bonchev–Trinajstić information content (AvgIpc) is 2.81. The Morgan fingerprint density at radius 1 is 1.26 bits per heavy atom. The molecule has 0 saturated heterocycles. The van der Waals surface area contributed by atoms with Gasteiger partial charge in [0.25, 0.3) is 0 Å². The summed E-state index contributed by atoms with van der Waals surface area (Å²) < 4.78 is 1.69. The van der Waals surface area contributed by atoms with Crippen LogP contribution in [0.25, 0.3) is 0 Å². The van der Waals surface area contributed by atoms with E-state index in [9.17, 15) is 4.79 Å². The van der Waals surface area contributed by atoms with Gasteiger partial charge in [-0.15, -0.1) is 0 Å². The summed E-state index contributed by atoms with van der Waals surface area (Å²) in [6, 6.07) is 3.96. The van der Waals surface area contributed by atoms with Gasteiger partial charge in [0.15, 0.2) is 5.78 Å². The highest BCUT2D eigenvalue weighted by atomic mass is 16.1. The smallest absolute Gasteiger partial charge is 0.172 e. The highest BCUT2D eigenvalue weighted by Crippen LogP contribution is 2.11. The van der Waals surface area contributed by atoms with Crippen molar-refractivity contribution in [3.63, 3.8) is 0 Å². The first-order valence-corrected chi connectivity index (χ1v) is 6.63. The summed E-state index contributed by atoms with van der Waals surface area (Å²) in [5.41, 5.74) is 3.57. The van der Waals surface area contributed by atoms with Crippen molar-refractivity contribution in [1.29, 1.82) is 0 Å². The molecule has 100 valence electrons. The molecule has 19 heavy (non-hydrogen) atoms. The fourth-order valence-electron chi connectivity index (χ4n) is 2.06. The van der Waals surface area contributed by atoms with E-state index < -0.39 is 0 Å². The van der Waals surface area contributed by atoms with Crippen LogP contribution in [0, 0.1) is 0 Å². The summed E-state index contributed by atoms with van der Waals surface area (Å²) in [4.78, 5) is 16.6. The summed E-state index contributed by atoms with van der Waals surface area (Å²) in [5, 5.41) is 4.29. The standard InChI is InChI=1S/C15H19N3O/c1-4-11-6-7-12(16-9-11)8-15(19)13-10-18(3)17-14(13)5-2/h6-7,9-10H,4-5,8H2,1-3H3. The van der Waals surface area contributed by atoms with E-state index in [4.69, 9.17) is 0 Å². The quantitative estimate of drug-likeness (QED) is 0.773. The highest BCUT2D eigenvalue weighted by molar-refractivity contribution is 5.98. The van der Waals surface area contributed by atoms with Crippen LogP contribution in [0.2, 0.25) is 0 Å². The molecule has 0 atom stereocenters. The van der Waals surface area contributed by atoms with Gasteiger partial charge in [-0.3, -0.25) is 14.5 Å². The largest absolute Gasteiger partial charge is 0.294 e. The predicted molar refractivity (Wildman–Crippen MR) is 74.2 cm³/mol. The summed E-state index contributed by atoms with van der Waals surface area (Å²) in [6.45, 7) is 4.10. The van der Waals surface area contributed by atoms with Gasteiger partial charge >= 0.3 is 0 Å². The number of pyridine rings is 1. The number of hydrogen-bond donors (Lipinski definition) is 0. The molecule has 4 heteroatoms. The first kappa shape index (κ1) is 13.5. The molecule has 2 rings (SSSR count). The van der Waals surface area contributed by atoms with Crippen LogP contribution in [0.5, 0.6) is 0 Å². The van der Waals surface area contributed by atoms with Crippen LogP contribution in [-0.4, -0.2) is 20.5 Å². The summed E-state index contributed by atoms with van der Waals surface area (Å²) in [5.74, 6) is 0.0849. The van der Waals surface area contributed by atoms with E-state index in [1.54, 1.807) is 10.9 Å².